The first-order valence-corrected chi connectivity index (χ1v) is 12.0. The Morgan fingerprint density at radius 1 is 0.767 bits per heavy atom. The molecule has 0 spiro atoms. The molecular formula is C27H44O3. The Bertz CT molecular complexity index is 577. The van der Waals surface area contributed by atoms with Crippen molar-refractivity contribution in [2.45, 2.75) is 90.4 Å². The van der Waals surface area contributed by atoms with Gasteiger partial charge in [0.1, 0.15) is 11.5 Å². The van der Waals surface area contributed by atoms with Gasteiger partial charge in [0.05, 0.1) is 13.7 Å². The van der Waals surface area contributed by atoms with Crippen LogP contribution in [0.5, 0.6) is 11.5 Å². The summed E-state index contributed by atoms with van der Waals surface area (Å²) in [6, 6.07) is 5.86. The van der Waals surface area contributed by atoms with Crippen LogP contribution in [0, 0.1) is 0 Å². The number of hydrogen-bond acceptors (Lipinski definition) is 3. The third-order valence-electron chi connectivity index (χ3n) is 5.19. The molecule has 0 aliphatic rings. The van der Waals surface area contributed by atoms with Crippen molar-refractivity contribution in [2.24, 2.45) is 0 Å². The normalized spacial score (nSPS) is 11.6. The van der Waals surface area contributed by atoms with E-state index in [1.165, 1.54) is 64.2 Å². The van der Waals surface area contributed by atoms with Crippen molar-refractivity contribution in [1.29, 1.82) is 0 Å². The summed E-state index contributed by atoms with van der Waals surface area (Å²) in [6.45, 7) is 3.12. The Kier molecular flexibility index (Phi) is 16.9. The van der Waals surface area contributed by atoms with Crippen molar-refractivity contribution in [3.05, 3.63) is 48.1 Å². The lowest BCUT2D eigenvalue weighted by molar-refractivity contribution is 0.295. The van der Waals surface area contributed by atoms with E-state index < -0.39 is 0 Å². The van der Waals surface area contributed by atoms with Crippen LogP contribution in [0.2, 0.25) is 0 Å². The number of hydrogen-bond donors (Lipinski definition) is 1. The second-order valence-corrected chi connectivity index (χ2v) is 7.92. The highest BCUT2D eigenvalue weighted by atomic mass is 16.5. The monoisotopic (exact) mass is 416 g/mol. The average molecular weight is 417 g/mol. The highest BCUT2D eigenvalue weighted by Gasteiger charge is 2.02. The molecule has 0 aliphatic heterocycles. The van der Waals surface area contributed by atoms with Crippen molar-refractivity contribution < 1.29 is 14.6 Å². The van der Waals surface area contributed by atoms with Gasteiger partial charge in [-0.2, -0.15) is 0 Å². The number of aliphatic hydroxyl groups is 1. The minimum Gasteiger partial charge on any atom is -0.497 e. The van der Waals surface area contributed by atoms with E-state index in [0.29, 0.717) is 6.42 Å². The van der Waals surface area contributed by atoms with Crippen LogP contribution >= 0.6 is 0 Å². The Balaban J connectivity index is 1.98. The van der Waals surface area contributed by atoms with Crippen molar-refractivity contribution in [2.75, 3.05) is 20.3 Å². The second kappa shape index (κ2) is 19.2. The lowest BCUT2D eigenvalue weighted by Gasteiger charge is -2.10. The van der Waals surface area contributed by atoms with Gasteiger partial charge in [0.15, 0.2) is 0 Å². The van der Waals surface area contributed by atoms with Gasteiger partial charge >= 0.3 is 0 Å². The number of unbranched alkanes of at least 4 members (excludes halogenated alkanes) is 9. The van der Waals surface area contributed by atoms with Gasteiger partial charge in [0.2, 0.25) is 0 Å². The minimum atomic E-state index is 0.137. The first-order valence-electron chi connectivity index (χ1n) is 12.0. The fourth-order valence-electron chi connectivity index (χ4n) is 3.39. The molecule has 1 rings (SSSR count). The Labute approximate surface area is 185 Å². The molecule has 0 saturated heterocycles. The molecule has 1 N–H and O–H groups in total. The predicted molar refractivity (Wildman–Crippen MR) is 129 cm³/mol. The molecule has 0 unspecified atom stereocenters. The second-order valence-electron chi connectivity index (χ2n) is 7.92. The maximum absolute atomic E-state index is 9.12. The predicted octanol–water partition coefficient (Wildman–Crippen LogP) is 7.42. The van der Waals surface area contributed by atoms with Gasteiger partial charge in [-0.3, -0.25) is 0 Å². The van der Waals surface area contributed by atoms with Crippen molar-refractivity contribution >= 4 is 0 Å². The van der Waals surface area contributed by atoms with Gasteiger partial charge < -0.3 is 14.6 Å². The topological polar surface area (TPSA) is 38.7 Å². The van der Waals surface area contributed by atoms with Crippen LogP contribution in [0.4, 0.5) is 0 Å². The molecule has 0 fully saturated rings. The molecule has 0 atom stereocenters. The zero-order valence-electron chi connectivity index (χ0n) is 19.4. The number of allylic oxidation sites excluding steroid dienone is 4. The lowest BCUT2D eigenvalue weighted by Crippen LogP contribution is -2.00. The van der Waals surface area contributed by atoms with E-state index in [0.717, 1.165) is 36.5 Å². The van der Waals surface area contributed by atoms with Gasteiger partial charge in [0, 0.05) is 12.7 Å². The molecule has 0 radical (unpaired) electrons. The van der Waals surface area contributed by atoms with Crippen LogP contribution in [-0.4, -0.2) is 25.4 Å². The number of aliphatic hydroxyl groups excluding tert-OH is 1. The van der Waals surface area contributed by atoms with Crippen molar-refractivity contribution in [3.63, 3.8) is 0 Å². The van der Waals surface area contributed by atoms with Crippen LogP contribution in [0.25, 0.3) is 0 Å². The average Bonchev–Trinajstić information content (AvgIpc) is 2.76. The number of rotatable bonds is 19. The maximum atomic E-state index is 9.12. The summed E-state index contributed by atoms with van der Waals surface area (Å²) in [5.74, 6) is 1.62. The number of ether oxygens (including phenoxy) is 2. The molecule has 1 aromatic carbocycles. The van der Waals surface area contributed by atoms with E-state index in [1.54, 1.807) is 7.11 Å². The zero-order chi connectivity index (χ0) is 21.7. The smallest absolute Gasteiger partial charge is 0.123 e. The molecule has 0 saturated carbocycles. The summed E-state index contributed by atoms with van der Waals surface area (Å²) in [5, 5.41) is 9.12. The van der Waals surface area contributed by atoms with Gasteiger partial charge in [-0.15, -0.1) is 0 Å². The molecule has 3 heteroatoms. The summed E-state index contributed by atoms with van der Waals surface area (Å²) < 4.78 is 11.2. The molecule has 0 aromatic heterocycles. The minimum absolute atomic E-state index is 0.137. The molecule has 0 amide bonds. The highest BCUT2D eigenvalue weighted by molar-refractivity contribution is 5.38. The molecule has 30 heavy (non-hydrogen) atoms. The van der Waals surface area contributed by atoms with Gasteiger partial charge in [0.25, 0.3) is 0 Å². The van der Waals surface area contributed by atoms with Gasteiger partial charge in [-0.25, -0.2) is 0 Å². The van der Waals surface area contributed by atoms with Crippen LogP contribution < -0.4 is 9.47 Å². The molecule has 0 aliphatic carbocycles. The van der Waals surface area contributed by atoms with Crippen LogP contribution in [0.15, 0.2) is 42.5 Å². The standard InChI is InChI=1S/C27H44O3/c1-3-4-5-6-7-8-9-10-11-12-13-14-15-16-17-18-21-30-27-23-25(19-20-28)22-26(24-27)29-2/h7-8,10-11,22-24,28H,3-6,9,12-21H2,1-2H3/b8-7-,11-10-. The van der Waals surface area contributed by atoms with E-state index >= 15 is 0 Å². The van der Waals surface area contributed by atoms with Gasteiger partial charge in [-0.05, 0) is 62.6 Å². The van der Waals surface area contributed by atoms with E-state index in [-0.39, 0.29) is 6.61 Å². The fourth-order valence-corrected chi connectivity index (χ4v) is 3.39. The van der Waals surface area contributed by atoms with Crippen LogP contribution in [-0.2, 0) is 6.42 Å². The number of benzene rings is 1. The quantitative estimate of drug-likeness (QED) is 0.188. The summed E-state index contributed by atoms with van der Waals surface area (Å²) >= 11 is 0. The maximum Gasteiger partial charge on any atom is 0.123 e. The Morgan fingerprint density at radius 2 is 1.40 bits per heavy atom. The molecule has 3 nitrogen and oxygen atoms in total. The van der Waals surface area contributed by atoms with E-state index in [4.69, 9.17) is 14.6 Å². The first-order chi connectivity index (χ1) is 14.8. The third kappa shape index (κ3) is 14.3. The molecular weight excluding hydrogens is 372 g/mol. The van der Waals surface area contributed by atoms with Crippen LogP contribution in [0.1, 0.15) is 89.5 Å². The fraction of sp³-hybridized carbons (Fsp3) is 0.630. The number of methoxy groups -OCH3 is 1. The zero-order valence-corrected chi connectivity index (χ0v) is 19.4. The largest absolute Gasteiger partial charge is 0.497 e. The molecule has 0 bridgehead atoms. The van der Waals surface area contributed by atoms with E-state index in [9.17, 15) is 0 Å². The summed E-state index contributed by atoms with van der Waals surface area (Å²) in [7, 11) is 1.66. The summed E-state index contributed by atoms with van der Waals surface area (Å²) in [5.41, 5.74) is 1.05. The summed E-state index contributed by atoms with van der Waals surface area (Å²) in [6.07, 6.45) is 24.9. The van der Waals surface area contributed by atoms with Crippen LogP contribution in [0.3, 0.4) is 0 Å². The first kappa shape index (κ1) is 26.3. The van der Waals surface area contributed by atoms with E-state index in [1.807, 2.05) is 18.2 Å². The Hall–Kier alpha value is -1.74. The van der Waals surface area contributed by atoms with Gasteiger partial charge in [-0.1, -0.05) is 69.8 Å². The molecule has 0 heterocycles. The third-order valence-corrected chi connectivity index (χ3v) is 5.19. The van der Waals surface area contributed by atoms with E-state index in [2.05, 4.69) is 31.2 Å². The Morgan fingerprint density at radius 3 is 2.07 bits per heavy atom. The SMILES string of the molecule is CCCCC/C=C\C/C=C\CCCCCCCCOc1cc(CCO)cc(OC)c1. The van der Waals surface area contributed by atoms with Crippen molar-refractivity contribution in [3.8, 4) is 11.5 Å². The summed E-state index contributed by atoms with van der Waals surface area (Å²) in [4.78, 5) is 0. The lowest BCUT2D eigenvalue weighted by atomic mass is 10.1. The molecule has 170 valence electrons. The molecule has 1 aromatic rings. The highest BCUT2D eigenvalue weighted by Crippen LogP contribution is 2.23. The van der Waals surface area contributed by atoms with Crippen molar-refractivity contribution in [1.82, 2.24) is 0 Å².